The zero-order valence-corrected chi connectivity index (χ0v) is 9.71. The minimum Gasteiger partial charge on any atom is -0.324 e. The van der Waals surface area contributed by atoms with Crippen LogP contribution in [0.3, 0.4) is 0 Å². The summed E-state index contributed by atoms with van der Waals surface area (Å²) < 4.78 is 29.3. The van der Waals surface area contributed by atoms with E-state index in [-0.39, 0.29) is 6.61 Å². The molecule has 0 atom stereocenters. The van der Waals surface area contributed by atoms with E-state index in [1.165, 1.54) is 0 Å². The zero-order chi connectivity index (χ0) is 11.7. The molecular formula is C8H16O6S. The average Bonchev–Trinajstić information content (AvgIpc) is 2.08. The lowest BCUT2D eigenvalue weighted by atomic mass is 10.2. The molecule has 0 amide bonds. The number of rotatable bonds is 8. The van der Waals surface area contributed by atoms with Crippen molar-refractivity contribution in [2.45, 2.75) is 39.5 Å². The Labute approximate surface area is 89.8 Å². The first kappa shape index (κ1) is 14.3. The van der Waals surface area contributed by atoms with Crippen LogP contribution in [0, 0.1) is 0 Å². The first-order chi connectivity index (χ1) is 6.98. The molecule has 0 aliphatic carbocycles. The van der Waals surface area contributed by atoms with Gasteiger partial charge in [-0.2, -0.15) is 8.42 Å². The van der Waals surface area contributed by atoms with E-state index in [1.54, 1.807) is 0 Å². The van der Waals surface area contributed by atoms with Gasteiger partial charge in [0.05, 0.1) is 6.61 Å². The van der Waals surface area contributed by atoms with Gasteiger partial charge in [-0.25, -0.2) is 4.89 Å². The third-order valence-corrected chi connectivity index (χ3v) is 2.13. The van der Waals surface area contributed by atoms with Gasteiger partial charge >= 0.3 is 16.4 Å². The number of carbonyl (C=O) groups is 1. The first-order valence-electron chi connectivity index (χ1n) is 4.74. The van der Waals surface area contributed by atoms with Crippen molar-refractivity contribution in [3.63, 3.8) is 0 Å². The summed E-state index contributed by atoms with van der Waals surface area (Å²) in [6.07, 6.45) is 3.77. The van der Waals surface area contributed by atoms with E-state index in [0.29, 0.717) is 6.42 Å². The van der Waals surface area contributed by atoms with Gasteiger partial charge in [-0.15, -0.1) is 0 Å². The summed E-state index contributed by atoms with van der Waals surface area (Å²) >= 11 is 0. The van der Waals surface area contributed by atoms with Gasteiger partial charge in [-0.3, -0.25) is 4.79 Å². The number of hydrogen-bond donors (Lipinski definition) is 0. The fourth-order valence-electron chi connectivity index (χ4n) is 0.838. The van der Waals surface area contributed by atoms with Gasteiger partial charge in [0.1, 0.15) is 0 Å². The number of carbonyl (C=O) groups excluding carboxylic acids is 1. The monoisotopic (exact) mass is 240 g/mol. The van der Waals surface area contributed by atoms with Crippen LogP contribution in [0.2, 0.25) is 0 Å². The van der Waals surface area contributed by atoms with Crippen LogP contribution in [-0.4, -0.2) is 21.0 Å². The summed E-state index contributed by atoms with van der Waals surface area (Å²) in [5, 5.41) is 0. The second kappa shape index (κ2) is 7.61. The number of unbranched alkanes of at least 4 members (excludes halogenated alkanes) is 3. The molecule has 0 bridgehead atoms. The fraction of sp³-hybridized carbons (Fsp3) is 0.875. The van der Waals surface area contributed by atoms with Gasteiger partial charge in [0.15, 0.2) is 0 Å². The molecule has 7 heteroatoms. The standard InChI is InChI=1S/C8H16O6S/c1-3-4-5-6-7-12-14-15(10,11)13-8(2)9/h3-7H2,1-2H3. The van der Waals surface area contributed by atoms with Crippen molar-refractivity contribution in [1.29, 1.82) is 0 Å². The molecular weight excluding hydrogens is 224 g/mol. The lowest BCUT2D eigenvalue weighted by Crippen LogP contribution is -2.14. The minimum atomic E-state index is -4.35. The van der Waals surface area contributed by atoms with Crippen LogP contribution in [0.4, 0.5) is 0 Å². The van der Waals surface area contributed by atoms with E-state index in [0.717, 1.165) is 26.2 Å². The molecule has 0 aromatic heterocycles. The summed E-state index contributed by atoms with van der Waals surface area (Å²) in [7, 11) is -4.35. The first-order valence-corrected chi connectivity index (χ1v) is 6.07. The molecule has 0 aliphatic rings. The normalized spacial score (nSPS) is 11.3. The third kappa shape index (κ3) is 9.64. The van der Waals surface area contributed by atoms with E-state index < -0.39 is 16.4 Å². The van der Waals surface area contributed by atoms with E-state index in [2.05, 4.69) is 20.3 Å². The molecule has 6 nitrogen and oxygen atoms in total. The molecule has 0 aromatic carbocycles. The van der Waals surface area contributed by atoms with Crippen LogP contribution in [-0.2, 0) is 28.6 Å². The van der Waals surface area contributed by atoms with Crippen molar-refractivity contribution in [2.75, 3.05) is 6.61 Å². The SMILES string of the molecule is CCCCCCOOS(=O)(=O)OC(C)=O. The molecule has 0 heterocycles. The molecule has 0 fully saturated rings. The van der Waals surface area contributed by atoms with Crippen LogP contribution in [0.5, 0.6) is 0 Å². The minimum absolute atomic E-state index is 0.153. The lowest BCUT2D eigenvalue weighted by molar-refractivity contribution is -0.210. The van der Waals surface area contributed by atoms with Gasteiger partial charge in [-0.05, 0) is 6.42 Å². The molecule has 0 aliphatic heterocycles. The highest BCUT2D eigenvalue weighted by atomic mass is 32.3. The maximum Gasteiger partial charge on any atom is 0.479 e. The van der Waals surface area contributed by atoms with Gasteiger partial charge < -0.3 is 4.18 Å². The van der Waals surface area contributed by atoms with Crippen LogP contribution in [0.25, 0.3) is 0 Å². The van der Waals surface area contributed by atoms with E-state index in [1.807, 2.05) is 0 Å². The lowest BCUT2D eigenvalue weighted by Gasteiger charge is -2.03. The summed E-state index contributed by atoms with van der Waals surface area (Å²) in [4.78, 5) is 14.7. The van der Waals surface area contributed by atoms with Gasteiger partial charge in [0.2, 0.25) is 0 Å². The summed E-state index contributed by atoms with van der Waals surface area (Å²) in [6, 6.07) is 0. The molecule has 0 spiro atoms. The van der Waals surface area contributed by atoms with Crippen LogP contribution >= 0.6 is 0 Å². The van der Waals surface area contributed by atoms with E-state index >= 15 is 0 Å². The Morgan fingerprint density at radius 2 is 1.87 bits per heavy atom. The van der Waals surface area contributed by atoms with Gasteiger partial charge in [-0.1, -0.05) is 30.5 Å². The third-order valence-electron chi connectivity index (χ3n) is 1.43. The van der Waals surface area contributed by atoms with Crippen molar-refractivity contribution in [2.24, 2.45) is 0 Å². The smallest absolute Gasteiger partial charge is 0.324 e. The Hall–Kier alpha value is -0.660. The predicted octanol–water partition coefficient (Wildman–Crippen LogP) is 1.32. The molecule has 0 N–H and O–H groups in total. The van der Waals surface area contributed by atoms with Crippen molar-refractivity contribution >= 4 is 16.4 Å². The Morgan fingerprint density at radius 3 is 2.40 bits per heavy atom. The van der Waals surface area contributed by atoms with Crippen molar-refractivity contribution in [3.05, 3.63) is 0 Å². The Morgan fingerprint density at radius 1 is 1.20 bits per heavy atom. The topological polar surface area (TPSA) is 78.9 Å². The predicted molar refractivity (Wildman–Crippen MR) is 51.9 cm³/mol. The molecule has 0 rings (SSSR count). The van der Waals surface area contributed by atoms with E-state index in [9.17, 15) is 13.2 Å². The molecule has 0 saturated carbocycles. The summed E-state index contributed by atoms with van der Waals surface area (Å²) in [5.41, 5.74) is 0. The number of hydrogen-bond acceptors (Lipinski definition) is 6. The Kier molecular flexibility index (Phi) is 7.27. The zero-order valence-electron chi connectivity index (χ0n) is 8.89. The molecule has 0 saturated heterocycles. The highest BCUT2D eigenvalue weighted by Crippen LogP contribution is 2.02. The quantitative estimate of drug-likeness (QED) is 0.361. The fourth-order valence-corrected chi connectivity index (χ4v) is 1.34. The van der Waals surface area contributed by atoms with Crippen molar-refractivity contribution in [1.82, 2.24) is 0 Å². The Bertz CT molecular complexity index is 271. The Balaban J connectivity index is 3.54. The molecule has 0 aromatic rings. The second-order valence-corrected chi connectivity index (χ2v) is 4.05. The molecule has 90 valence electrons. The maximum absolute atomic E-state index is 10.7. The highest BCUT2D eigenvalue weighted by molar-refractivity contribution is 7.82. The van der Waals surface area contributed by atoms with Crippen LogP contribution in [0.15, 0.2) is 0 Å². The average molecular weight is 240 g/mol. The molecule has 0 unspecified atom stereocenters. The van der Waals surface area contributed by atoms with Gasteiger partial charge in [0.25, 0.3) is 0 Å². The highest BCUT2D eigenvalue weighted by Gasteiger charge is 2.16. The van der Waals surface area contributed by atoms with Gasteiger partial charge in [0, 0.05) is 6.92 Å². The van der Waals surface area contributed by atoms with Crippen molar-refractivity contribution < 1.29 is 26.6 Å². The molecule has 0 radical (unpaired) electrons. The maximum atomic E-state index is 10.7. The molecule has 15 heavy (non-hydrogen) atoms. The van der Waals surface area contributed by atoms with Crippen molar-refractivity contribution in [3.8, 4) is 0 Å². The summed E-state index contributed by atoms with van der Waals surface area (Å²) in [6.45, 7) is 3.17. The largest absolute Gasteiger partial charge is 0.479 e. The second-order valence-electron chi connectivity index (χ2n) is 2.93. The van der Waals surface area contributed by atoms with E-state index in [4.69, 9.17) is 0 Å². The van der Waals surface area contributed by atoms with Crippen LogP contribution < -0.4 is 0 Å². The van der Waals surface area contributed by atoms with Crippen LogP contribution in [0.1, 0.15) is 39.5 Å². The summed E-state index contributed by atoms with van der Waals surface area (Å²) in [5.74, 6) is -0.968.